The zero-order valence-electron chi connectivity index (χ0n) is 16.9. The maximum atomic E-state index is 13.3. The lowest BCUT2D eigenvalue weighted by molar-refractivity contribution is -0.141. The van der Waals surface area contributed by atoms with E-state index in [0.29, 0.717) is 33.9 Å². The Bertz CT molecular complexity index is 1220. The molecule has 33 heavy (non-hydrogen) atoms. The number of amides is 1. The number of nitrogens with zero attached hydrogens (tertiary/aromatic N) is 4. The van der Waals surface area contributed by atoms with Crippen LogP contribution in [0.5, 0.6) is 0 Å². The van der Waals surface area contributed by atoms with Crippen molar-refractivity contribution in [3.05, 3.63) is 60.9 Å². The second-order valence-corrected chi connectivity index (χ2v) is 9.76. The van der Waals surface area contributed by atoms with Gasteiger partial charge in [-0.2, -0.15) is 23.4 Å². The van der Waals surface area contributed by atoms with E-state index in [-0.39, 0.29) is 17.4 Å². The first-order valence-electron chi connectivity index (χ1n) is 9.78. The summed E-state index contributed by atoms with van der Waals surface area (Å²) < 4.78 is 43.1. The molecular weight excluding hydrogens is 570 g/mol. The molecule has 1 aliphatic rings. The minimum absolute atomic E-state index is 0.147. The molecule has 176 valence electrons. The van der Waals surface area contributed by atoms with E-state index in [0.717, 1.165) is 10.2 Å². The molecule has 13 heteroatoms. The Morgan fingerprint density at radius 1 is 1.27 bits per heavy atom. The molecule has 1 atom stereocenters. The number of hydrogen-bond donors (Lipinski definition) is 1. The maximum Gasteiger partial charge on any atom is 0.436 e. The standard InChI is InChI=1S/C20H16BrCl3F3N5O/c1-9(32-16(10-2-3-10)15(24)17(29-32)20(25,26)27)19(33)28-18-13(21)8-31(30-18)7-11-4-5-12(22)6-14(11)23/h4-6,8-10H,2-3,7H2,1H3,(H,28,30,33). The van der Waals surface area contributed by atoms with E-state index in [9.17, 15) is 18.0 Å². The third-order valence-electron chi connectivity index (χ3n) is 5.17. The minimum Gasteiger partial charge on any atom is -0.306 e. The van der Waals surface area contributed by atoms with Crippen LogP contribution in [0.15, 0.2) is 28.9 Å². The number of carbonyl (C=O) groups is 1. The van der Waals surface area contributed by atoms with Crippen molar-refractivity contribution >= 4 is 62.5 Å². The summed E-state index contributed by atoms with van der Waals surface area (Å²) in [6, 6.07) is 4.04. The Morgan fingerprint density at radius 3 is 2.58 bits per heavy atom. The molecule has 1 N–H and O–H groups in total. The third-order valence-corrected chi connectivity index (χ3v) is 6.71. The summed E-state index contributed by atoms with van der Waals surface area (Å²) in [6.07, 6.45) is -1.68. The molecule has 0 spiro atoms. The van der Waals surface area contributed by atoms with Gasteiger partial charge >= 0.3 is 6.18 Å². The summed E-state index contributed by atoms with van der Waals surface area (Å²) in [5.41, 5.74) is -0.188. The molecule has 1 fully saturated rings. The van der Waals surface area contributed by atoms with Crippen molar-refractivity contribution in [3.63, 3.8) is 0 Å². The smallest absolute Gasteiger partial charge is 0.306 e. The zero-order valence-corrected chi connectivity index (χ0v) is 20.8. The van der Waals surface area contributed by atoms with Crippen LogP contribution in [0.4, 0.5) is 19.0 Å². The molecule has 0 saturated heterocycles. The van der Waals surface area contributed by atoms with Gasteiger partial charge in [0.1, 0.15) is 6.04 Å². The van der Waals surface area contributed by atoms with Gasteiger partial charge in [0.25, 0.3) is 0 Å². The van der Waals surface area contributed by atoms with Gasteiger partial charge in [-0.1, -0.05) is 40.9 Å². The number of nitrogens with one attached hydrogen (secondary N) is 1. The first kappa shape index (κ1) is 24.4. The van der Waals surface area contributed by atoms with Crippen molar-refractivity contribution < 1.29 is 18.0 Å². The summed E-state index contributed by atoms with van der Waals surface area (Å²) >= 11 is 21.5. The predicted octanol–water partition coefficient (Wildman–Crippen LogP) is 6.95. The van der Waals surface area contributed by atoms with Crippen LogP contribution in [0.3, 0.4) is 0 Å². The molecule has 0 aliphatic heterocycles. The third kappa shape index (κ3) is 5.18. The van der Waals surface area contributed by atoms with Crippen molar-refractivity contribution in [1.29, 1.82) is 0 Å². The van der Waals surface area contributed by atoms with E-state index < -0.39 is 28.8 Å². The molecule has 1 unspecified atom stereocenters. The lowest BCUT2D eigenvalue weighted by Crippen LogP contribution is -2.26. The molecule has 1 aliphatic carbocycles. The first-order chi connectivity index (χ1) is 15.5. The highest BCUT2D eigenvalue weighted by Gasteiger charge is 2.43. The Labute approximate surface area is 210 Å². The summed E-state index contributed by atoms with van der Waals surface area (Å²) in [5.74, 6) is -0.522. The molecule has 1 aromatic carbocycles. The van der Waals surface area contributed by atoms with E-state index in [2.05, 4.69) is 31.4 Å². The van der Waals surface area contributed by atoms with Crippen LogP contribution in [-0.4, -0.2) is 25.5 Å². The normalized spacial score (nSPS) is 15.0. The molecule has 0 radical (unpaired) electrons. The van der Waals surface area contributed by atoms with Gasteiger partial charge in [-0.3, -0.25) is 14.2 Å². The van der Waals surface area contributed by atoms with Crippen molar-refractivity contribution in [2.75, 3.05) is 5.32 Å². The van der Waals surface area contributed by atoms with Gasteiger partial charge < -0.3 is 5.32 Å². The van der Waals surface area contributed by atoms with E-state index in [1.807, 2.05) is 0 Å². The predicted molar refractivity (Wildman–Crippen MR) is 123 cm³/mol. The minimum atomic E-state index is -4.72. The largest absolute Gasteiger partial charge is 0.436 e. The van der Waals surface area contributed by atoms with Crippen LogP contribution in [-0.2, 0) is 17.5 Å². The number of anilines is 1. The van der Waals surface area contributed by atoms with Crippen LogP contribution >= 0.6 is 50.7 Å². The summed E-state index contributed by atoms with van der Waals surface area (Å²) in [7, 11) is 0. The molecule has 3 aromatic rings. The Hall–Kier alpha value is -1.75. The fourth-order valence-corrected chi connectivity index (χ4v) is 4.62. The van der Waals surface area contributed by atoms with E-state index in [1.165, 1.54) is 6.92 Å². The maximum absolute atomic E-state index is 13.3. The van der Waals surface area contributed by atoms with Gasteiger partial charge in [0.15, 0.2) is 11.5 Å². The summed E-state index contributed by atoms with van der Waals surface area (Å²) in [5, 5.41) is 11.1. The first-order valence-corrected chi connectivity index (χ1v) is 11.7. The van der Waals surface area contributed by atoms with Crippen LogP contribution in [0.2, 0.25) is 15.1 Å². The van der Waals surface area contributed by atoms with Crippen molar-refractivity contribution in [1.82, 2.24) is 19.6 Å². The van der Waals surface area contributed by atoms with Crippen LogP contribution in [0.25, 0.3) is 0 Å². The topological polar surface area (TPSA) is 64.7 Å². The van der Waals surface area contributed by atoms with E-state index in [4.69, 9.17) is 34.8 Å². The molecule has 0 bridgehead atoms. The van der Waals surface area contributed by atoms with Crippen LogP contribution in [0, 0.1) is 0 Å². The molecule has 2 heterocycles. The molecule has 2 aromatic heterocycles. The summed E-state index contributed by atoms with van der Waals surface area (Å²) in [4.78, 5) is 12.9. The van der Waals surface area contributed by atoms with E-state index >= 15 is 0 Å². The van der Waals surface area contributed by atoms with E-state index in [1.54, 1.807) is 29.1 Å². The van der Waals surface area contributed by atoms with Gasteiger partial charge in [-0.05, 0) is 53.4 Å². The van der Waals surface area contributed by atoms with Gasteiger partial charge in [-0.25, -0.2) is 0 Å². The number of hydrogen-bond acceptors (Lipinski definition) is 3. The molecule has 1 saturated carbocycles. The highest BCUT2D eigenvalue weighted by atomic mass is 79.9. The average Bonchev–Trinajstić information content (AvgIpc) is 3.41. The number of aromatic nitrogens is 4. The highest BCUT2D eigenvalue weighted by Crippen LogP contribution is 2.47. The number of halogens is 7. The number of carbonyl (C=O) groups excluding carboxylic acids is 1. The number of rotatable bonds is 6. The van der Waals surface area contributed by atoms with Gasteiger partial charge in [-0.15, -0.1) is 0 Å². The molecule has 1 amide bonds. The van der Waals surface area contributed by atoms with Gasteiger partial charge in [0.05, 0.1) is 21.7 Å². The van der Waals surface area contributed by atoms with Gasteiger partial charge in [0.2, 0.25) is 5.91 Å². The Balaban J connectivity index is 1.54. The Morgan fingerprint density at radius 2 is 1.97 bits per heavy atom. The number of benzene rings is 1. The van der Waals surface area contributed by atoms with Crippen LogP contribution in [0.1, 0.15) is 48.7 Å². The van der Waals surface area contributed by atoms with Crippen molar-refractivity contribution in [2.24, 2.45) is 0 Å². The molecular formula is C20H16BrCl3F3N5O. The lowest BCUT2D eigenvalue weighted by atomic mass is 10.2. The van der Waals surface area contributed by atoms with Crippen molar-refractivity contribution in [3.8, 4) is 0 Å². The molecule has 6 nitrogen and oxygen atoms in total. The SMILES string of the molecule is CC(C(=O)Nc1nn(Cc2ccc(Cl)cc2Cl)cc1Br)n1nc(C(F)(F)F)c(Cl)c1C1CC1. The highest BCUT2D eigenvalue weighted by molar-refractivity contribution is 9.10. The van der Waals surface area contributed by atoms with Crippen LogP contribution < -0.4 is 5.32 Å². The summed E-state index contributed by atoms with van der Waals surface area (Å²) in [6.45, 7) is 1.78. The average molecular weight is 586 g/mol. The monoisotopic (exact) mass is 583 g/mol. The molecule has 4 rings (SSSR count). The Kier molecular flexibility index (Phi) is 6.74. The lowest BCUT2D eigenvalue weighted by Gasteiger charge is -2.15. The fraction of sp³-hybridized carbons (Fsp3) is 0.350. The number of alkyl halides is 3. The zero-order chi connectivity index (χ0) is 24.1. The van der Waals surface area contributed by atoms with Crippen molar-refractivity contribution in [2.45, 2.75) is 44.4 Å². The second kappa shape index (κ2) is 9.13. The second-order valence-electron chi connectivity index (χ2n) is 7.69. The van der Waals surface area contributed by atoms with Gasteiger partial charge in [0, 0.05) is 22.2 Å². The quantitative estimate of drug-likeness (QED) is 0.341. The fourth-order valence-electron chi connectivity index (χ4n) is 3.35.